The van der Waals surface area contributed by atoms with Gasteiger partial charge in [-0.3, -0.25) is 4.40 Å². The van der Waals surface area contributed by atoms with Gasteiger partial charge in [0.1, 0.15) is 36.2 Å². The number of nitriles is 1. The van der Waals surface area contributed by atoms with Gasteiger partial charge in [-0.2, -0.15) is 10.2 Å². The molecule has 3 aromatic rings. The number of ether oxygens (including phenoxy) is 3. The van der Waals surface area contributed by atoms with E-state index in [0.29, 0.717) is 37.0 Å². The Hall–Kier alpha value is -3.63. The summed E-state index contributed by atoms with van der Waals surface area (Å²) in [4.78, 5) is 17.0. The molecule has 0 aliphatic rings. The van der Waals surface area contributed by atoms with Crippen LogP contribution in [0.4, 0.5) is 0 Å². The molecule has 1 aromatic carbocycles. The van der Waals surface area contributed by atoms with Crippen LogP contribution in [-0.4, -0.2) is 35.2 Å². The zero-order chi connectivity index (χ0) is 21.3. The van der Waals surface area contributed by atoms with Crippen LogP contribution in [0.2, 0.25) is 0 Å². The minimum atomic E-state index is -0.704. The first-order chi connectivity index (χ1) is 14.6. The molecule has 2 heterocycles. The Balaban J connectivity index is 1.88. The quantitative estimate of drug-likeness (QED) is 0.233. The van der Waals surface area contributed by atoms with Crippen molar-refractivity contribution >= 4 is 17.7 Å². The van der Waals surface area contributed by atoms with Crippen LogP contribution in [0.3, 0.4) is 0 Å². The van der Waals surface area contributed by atoms with Crippen molar-refractivity contribution in [3.8, 4) is 11.9 Å². The van der Waals surface area contributed by atoms with E-state index in [1.54, 1.807) is 10.6 Å². The number of hydrogen-bond donors (Lipinski definition) is 0. The Labute approximate surface area is 175 Å². The Bertz CT molecular complexity index is 1080. The molecule has 0 amide bonds. The molecule has 154 valence electrons. The van der Waals surface area contributed by atoms with Gasteiger partial charge in [-0.25, -0.2) is 4.79 Å². The molecule has 0 bridgehead atoms. The second-order valence-electron chi connectivity index (χ2n) is 6.46. The third kappa shape index (κ3) is 5.04. The van der Waals surface area contributed by atoms with E-state index in [9.17, 15) is 10.1 Å². The molecule has 2 aromatic heterocycles. The fourth-order valence-corrected chi connectivity index (χ4v) is 2.86. The fourth-order valence-electron chi connectivity index (χ4n) is 2.86. The molecule has 0 aliphatic carbocycles. The van der Waals surface area contributed by atoms with Crippen molar-refractivity contribution in [2.24, 2.45) is 0 Å². The molecule has 0 saturated carbocycles. The molecule has 0 aliphatic heterocycles. The topological polar surface area (TPSA) is 85.9 Å². The number of benzene rings is 1. The summed E-state index contributed by atoms with van der Waals surface area (Å²) in [5, 5.41) is 9.55. The van der Waals surface area contributed by atoms with Gasteiger partial charge in [0.15, 0.2) is 0 Å². The molecule has 7 nitrogen and oxygen atoms in total. The molecule has 0 spiro atoms. The molecule has 0 saturated heterocycles. The van der Waals surface area contributed by atoms with Crippen LogP contribution in [0.15, 0.2) is 54.2 Å². The number of carbonyl (C=O) groups excluding carboxylic acids is 1. The van der Waals surface area contributed by atoms with Gasteiger partial charge in [-0.1, -0.05) is 36.4 Å². The summed E-state index contributed by atoms with van der Waals surface area (Å²) in [6, 6.07) is 15.0. The normalized spacial score (nSPS) is 11.3. The Morgan fingerprint density at radius 1 is 1.20 bits per heavy atom. The summed E-state index contributed by atoms with van der Waals surface area (Å²) in [6.07, 6.45) is 3.25. The third-order valence-corrected chi connectivity index (χ3v) is 4.35. The standard InChI is InChI=1S/C23H23N3O4/c1-3-28-12-13-29-22-20(26-11-7-8-17(2)21(26)25-22)14-19(15-24)23(27)30-16-18-9-5-4-6-10-18/h4-11,14H,3,12-13,16H2,1-2H3/b19-14-. The van der Waals surface area contributed by atoms with Crippen LogP contribution in [0.1, 0.15) is 23.7 Å². The lowest BCUT2D eigenvalue weighted by Gasteiger charge is -2.06. The van der Waals surface area contributed by atoms with Crippen LogP contribution in [0, 0.1) is 18.3 Å². The third-order valence-electron chi connectivity index (χ3n) is 4.35. The van der Waals surface area contributed by atoms with E-state index in [4.69, 9.17) is 14.2 Å². The van der Waals surface area contributed by atoms with Crippen LogP contribution in [-0.2, 0) is 20.9 Å². The SMILES string of the molecule is CCOCCOc1nc2c(C)cccn2c1/C=C(/C#N)C(=O)OCc1ccccc1. The highest BCUT2D eigenvalue weighted by Gasteiger charge is 2.18. The Morgan fingerprint density at radius 3 is 2.73 bits per heavy atom. The second-order valence-corrected chi connectivity index (χ2v) is 6.46. The molecular weight excluding hydrogens is 382 g/mol. The highest BCUT2D eigenvalue weighted by molar-refractivity contribution is 5.98. The molecule has 3 rings (SSSR count). The smallest absolute Gasteiger partial charge is 0.349 e. The number of nitrogens with zero attached hydrogens (tertiary/aromatic N) is 3. The molecule has 0 radical (unpaired) electrons. The summed E-state index contributed by atoms with van der Waals surface area (Å²) in [6.45, 7) is 5.23. The van der Waals surface area contributed by atoms with Crippen molar-refractivity contribution in [2.75, 3.05) is 19.8 Å². The summed E-state index contributed by atoms with van der Waals surface area (Å²) in [7, 11) is 0. The maximum Gasteiger partial charge on any atom is 0.349 e. The van der Waals surface area contributed by atoms with E-state index in [1.165, 1.54) is 6.08 Å². The molecule has 0 N–H and O–H groups in total. The van der Waals surface area contributed by atoms with Crippen molar-refractivity contribution in [1.82, 2.24) is 9.38 Å². The zero-order valence-electron chi connectivity index (χ0n) is 17.0. The van der Waals surface area contributed by atoms with Crippen molar-refractivity contribution < 1.29 is 19.0 Å². The average molecular weight is 405 g/mol. The highest BCUT2D eigenvalue weighted by Crippen LogP contribution is 2.25. The van der Waals surface area contributed by atoms with E-state index < -0.39 is 5.97 Å². The zero-order valence-corrected chi connectivity index (χ0v) is 17.0. The predicted octanol–water partition coefficient (Wildman–Crippen LogP) is 3.71. The maximum absolute atomic E-state index is 12.5. The van der Waals surface area contributed by atoms with Crippen molar-refractivity contribution in [3.63, 3.8) is 0 Å². The van der Waals surface area contributed by atoms with Crippen molar-refractivity contribution in [2.45, 2.75) is 20.5 Å². The average Bonchev–Trinajstić information content (AvgIpc) is 3.12. The van der Waals surface area contributed by atoms with Gasteiger partial charge in [0.25, 0.3) is 0 Å². The first-order valence-electron chi connectivity index (χ1n) is 9.65. The summed E-state index contributed by atoms with van der Waals surface area (Å²) >= 11 is 0. The summed E-state index contributed by atoms with van der Waals surface area (Å²) in [5.74, 6) is -0.378. The summed E-state index contributed by atoms with van der Waals surface area (Å²) < 4.78 is 18.2. The van der Waals surface area contributed by atoms with E-state index >= 15 is 0 Å². The molecule has 0 unspecified atom stereocenters. The number of esters is 1. The van der Waals surface area contributed by atoms with E-state index in [-0.39, 0.29) is 12.2 Å². The first-order valence-corrected chi connectivity index (χ1v) is 9.65. The van der Waals surface area contributed by atoms with Crippen LogP contribution < -0.4 is 4.74 Å². The van der Waals surface area contributed by atoms with Crippen LogP contribution in [0.25, 0.3) is 11.7 Å². The Morgan fingerprint density at radius 2 is 2.00 bits per heavy atom. The highest BCUT2D eigenvalue weighted by atomic mass is 16.5. The van der Waals surface area contributed by atoms with Crippen LogP contribution in [0.5, 0.6) is 5.88 Å². The molecule has 7 heteroatoms. The van der Waals surface area contributed by atoms with Crippen molar-refractivity contribution in [3.05, 3.63) is 71.1 Å². The number of fused-ring (bicyclic) bond motifs is 1. The van der Waals surface area contributed by atoms with Gasteiger partial charge in [-0.05, 0) is 37.1 Å². The Kier molecular flexibility index (Phi) is 7.19. The number of rotatable bonds is 9. The van der Waals surface area contributed by atoms with Gasteiger partial charge >= 0.3 is 5.97 Å². The number of pyridine rings is 1. The van der Waals surface area contributed by atoms with E-state index in [1.807, 2.05) is 62.4 Å². The largest absolute Gasteiger partial charge is 0.474 e. The van der Waals surface area contributed by atoms with Crippen LogP contribution >= 0.6 is 0 Å². The molecule has 0 atom stereocenters. The van der Waals surface area contributed by atoms with Gasteiger partial charge in [-0.15, -0.1) is 0 Å². The van der Waals surface area contributed by atoms with Gasteiger partial charge in [0.2, 0.25) is 5.88 Å². The fraction of sp³-hybridized carbons (Fsp3) is 0.261. The lowest BCUT2D eigenvalue weighted by Crippen LogP contribution is -2.09. The van der Waals surface area contributed by atoms with Gasteiger partial charge in [0, 0.05) is 12.8 Å². The van der Waals surface area contributed by atoms with Gasteiger partial charge < -0.3 is 14.2 Å². The second kappa shape index (κ2) is 10.2. The number of imidazole rings is 1. The van der Waals surface area contributed by atoms with Crippen molar-refractivity contribution in [1.29, 1.82) is 5.26 Å². The number of carbonyl (C=O) groups is 1. The molecule has 0 fully saturated rings. The maximum atomic E-state index is 12.5. The van der Waals surface area contributed by atoms with E-state index in [0.717, 1.165) is 11.1 Å². The molecule has 30 heavy (non-hydrogen) atoms. The monoisotopic (exact) mass is 405 g/mol. The number of hydrogen-bond acceptors (Lipinski definition) is 6. The molecular formula is C23H23N3O4. The minimum absolute atomic E-state index is 0.0860. The number of aryl methyl sites for hydroxylation is 1. The predicted molar refractivity (Wildman–Crippen MR) is 112 cm³/mol. The summed E-state index contributed by atoms with van der Waals surface area (Å²) in [5.41, 5.74) is 2.83. The van der Waals surface area contributed by atoms with Gasteiger partial charge in [0.05, 0.1) is 6.61 Å². The lowest BCUT2D eigenvalue weighted by atomic mass is 10.2. The first kappa shape index (κ1) is 21.1. The lowest BCUT2D eigenvalue weighted by molar-refractivity contribution is -0.139. The number of aromatic nitrogens is 2. The van der Waals surface area contributed by atoms with E-state index in [2.05, 4.69) is 4.98 Å². The minimum Gasteiger partial charge on any atom is -0.474 e.